The van der Waals surface area contributed by atoms with E-state index in [1.165, 1.54) is 58.5 Å². The summed E-state index contributed by atoms with van der Waals surface area (Å²) in [5.74, 6) is 1.67. The topological polar surface area (TPSA) is 9.23 Å². The standard InChI is InChI=1S/C24H36F2O/c1-4-5-17-6-8-19(9-7-17)20-12-10-18(11-13-20)16(2)21-14-15-22(27-3)24(26)23(21)25/h14-20H,4-13H2,1-3H3. The molecule has 1 atom stereocenters. The first kappa shape index (κ1) is 20.6. The number of rotatable bonds is 6. The highest BCUT2D eigenvalue weighted by atomic mass is 19.2. The van der Waals surface area contributed by atoms with Crippen molar-refractivity contribution < 1.29 is 13.5 Å². The molecule has 0 aromatic heterocycles. The third-order valence-corrected chi connectivity index (χ3v) is 7.57. The van der Waals surface area contributed by atoms with Gasteiger partial charge in [0, 0.05) is 0 Å². The van der Waals surface area contributed by atoms with E-state index in [-0.39, 0.29) is 11.7 Å². The third kappa shape index (κ3) is 4.66. The Hall–Kier alpha value is -1.12. The second-order valence-corrected chi connectivity index (χ2v) is 9.02. The summed E-state index contributed by atoms with van der Waals surface area (Å²) < 4.78 is 33.4. The summed E-state index contributed by atoms with van der Waals surface area (Å²) in [6.07, 6.45) is 13.2. The molecule has 2 aliphatic rings. The molecule has 0 bridgehead atoms. The van der Waals surface area contributed by atoms with Crippen molar-refractivity contribution in [3.63, 3.8) is 0 Å². The zero-order valence-electron chi connectivity index (χ0n) is 17.3. The predicted molar refractivity (Wildman–Crippen MR) is 107 cm³/mol. The molecular weight excluding hydrogens is 342 g/mol. The Morgan fingerprint density at radius 1 is 0.926 bits per heavy atom. The Bertz CT molecular complexity index is 599. The van der Waals surface area contributed by atoms with Crippen LogP contribution in [0.3, 0.4) is 0 Å². The van der Waals surface area contributed by atoms with Crippen LogP contribution in [0.25, 0.3) is 0 Å². The van der Waals surface area contributed by atoms with Crippen LogP contribution in [0.4, 0.5) is 8.78 Å². The molecule has 2 saturated carbocycles. The number of ether oxygens (including phenoxy) is 1. The summed E-state index contributed by atoms with van der Waals surface area (Å²) >= 11 is 0. The second kappa shape index (κ2) is 9.39. The van der Waals surface area contributed by atoms with Crippen LogP contribution in [0.2, 0.25) is 0 Å². The van der Waals surface area contributed by atoms with Gasteiger partial charge in [-0.3, -0.25) is 0 Å². The van der Waals surface area contributed by atoms with E-state index in [0.717, 1.165) is 30.6 Å². The van der Waals surface area contributed by atoms with Crippen molar-refractivity contribution in [3.05, 3.63) is 29.3 Å². The van der Waals surface area contributed by atoms with Crippen LogP contribution in [-0.2, 0) is 0 Å². The average molecular weight is 379 g/mol. The van der Waals surface area contributed by atoms with Gasteiger partial charge < -0.3 is 4.74 Å². The molecule has 0 heterocycles. The molecule has 152 valence electrons. The van der Waals surface area contributed by atoms with E-state index in [0.29, 0.717) is 11.5 Å². The Balaban J connectivity index is 1.54. The molecule has 0 radical (unpaired) electrons. The van der Waals surface area contributed by atoms with E-state index >= 15 is 0 Å². The number of halogens is 2. The van der Waals surface area contributed by atoms with Gasteiger partial charge in [-0.2, -0.15) is 4.39 Å². The number of hydrogen-bond donors (Lipinski definition) is 0. The summed E-state index contributed by atoms with van der Waals surface area (Å²) in [6.45, 7) is 4.36. The maximum Gasteiger partial charge on any atom is 0.200 e. The third-order valence-electron chi connectivity index (χ3n) is 7.57. The van der Waals surface area contributed by atoms with E-state index < -0.39 is 11.6 Å². The molecule has 1 nitrogen and oxygen atoms in total. The van der Waals surface area contributed by atoms with Gasteiger partial charge in [-0.15, -0.1) is 0 Å². The zero-order valence-corrected chi connectivity index (χ0v) is 17.3. The molecule has 1 unspecified atom stereocenters. The SMILES string of the molecule is CCCC1CCC(C2CCC(C(C)c3ccc(OC)c(F)c3F)CC2)CC1. The van der Waals surface area contributed by atoms with Crippen LogP contribution in [-0.4, -0.2) is 7.11 Å². The Labute approximate surface area is 163 Å². The van der Waals surface area contributed by atoms with Crippen molar-refractivity contribution in [3.8, 4) is 5.75 Å². The smallest absolute Gasteiger partial charge is 0.200 e. The molecule has 1 aromatic rings. The van der Waals surface area contributed by atoms with E-state index in [1.54, 1.807) is 12.1 Å². The van der Waals surface area contributed by atoms with Gasteiger partial charge in [0.15, 0.2) is 11.6 Å². The minimum atomic E-state index is -0.848. The first-order chi connectivity index (χ1) is 13.0. The van der Waals surface area contributed by atoms with Crippen LogP contribution in [0, 0.1) is 35.3 Å². The summed E-state index contributed by atoms with van der Waals surface area (Å²) in [5, 5.41) is 0. The Kier molecular flexibility index (Phi) is 7.16. The summed E-state index contributed by atoms with van der Waals surface area (Å²) in [5.41, 5.74) is 0.511. The van der Waals surface area contributed by atoms with Crippen molar-refractivity contribution in [2.45, 2.75) is 84.0 Å². The quantitative estimate of drug-likeness (QED) is 0.498. The van der Waals surface area contributed by atoms with Crippen LogP contribution >= 0.6 is 0 Å². The molecule has 3 rings (SSSR count). The molecule has 1 aromatic carbocycles. The fourth-order valence-electron chi connectivity index (χ4n) is 5.78. The zero-order chi connectivity index (χ0) is 19.4. The fraction of sp³-hybridized carbons (Fsp3) is 0.750. The highest BCUT2D eigenvalue weighted by molar-refractivity contribution is 5.33. The molecule has 0 saturated heterocycles. The van der Waals surface area contributed by atoms with E-state index in [1.807, 2.05) is 0 Å². The van der Waals surface area contributed by atoms with Gasteiger partial charge in [0.2, 0.25) is 5.82 Å². The average Bonchev–Trinajstić information content (AvgIpc) is 2.70. The highest BCUT2D eigenvalue weighted by Crippen LogP contribution is 2.45. The monoisotopic (exact) mass is 378 g/mol. The van der Waals surface area contributed by atoms with Crippen molar-refractivity contribution in [1.82, 2.24) is 0 Å². The largest absolute Gasteiger partial charge is 0.494 e. The molecule has 2 fully saturated rings. The number of benzene rings is 1. The van der Waals surface area contributed by atoms with Gasteiger partial charge in [0.1, 0.15) is 0 Å². The molecule has 27 heavy (non-hydrogen) atoms. The van der Waals surface area contributed by atoms with Gasteiger partial charge in [-0.05, 0) is 79.7 Å². The molecule has 0 aliphatic heterocycles. The minimum Gasteiger partial charge on any atom is -0.494 e. The normalized spacial score (nSPS) is 30.1. The predicted octanol–water partition coefficient (Wildman–Crippen LogP) is 7.49. The molecular formula is C24H36F2O. The molecule has 0 N–H and O–H groups in total. The molecule has 0 amide bonds. The van der Waals surface area contributed by atoms with E-state index in [9.17, 15) is 8.78 Å². The van der Waals surface area contributed by atoms with Crippen molar-refractivity contribution in [1.29, 1.82) is 0 Å². The fourth-order valence-corrected chi connectivity index (χ4v) is 5.78. The number of methoxy groups -OCH3 is 1. The van der Waals surface area contributed by atoms with Gasteiger partial charge in [-0.1, -0.05) is 45.6 Å². The van der Waals surface area contributed by atoms with Crippen molar-refractivity contribution >= 4 is 0 Å². The summed E-state index contributed by atoms with van der Waals surface area (Å²) in [4.78, 5) is 0. The Morgan fingerprint density at radius 2 is 1.52 bits per heavy atom. The summed E-state index contributed by atoms with van der Waals surface area (Å²) in [6, 6.07) is 3.27. The van der Waals surface area contributed by atoms with Gasteiger partial charge in [0.05, 0.1) is 7.11 Å². The van der Waals surface area contributed by atoms with Gasteiger partial charge >= 0.3 is 0 Å². The second-order valence-electron chi connectivity index (χ2n) is 9.02. The molecule has 2 aliphatic carbocycles. The number of hydrogen-bond acceptors (Lipinski definition) is 1. The van der Waals surface area contributed by atoms with Gasteiger partial charge in [-0.25, -0.2) is 4.39 Å². The summed E-state index contributed by atoms with van der Waals surface area (Å²) in [7, 11) is 1.37. The first-order valence-corrected chi connectivity index (χ1v) is 11.1. The minimum absolute atomic E-state index is 0.00849. The molecule has 3 heteroatoms. The lowest BCUT2D eigenvalue weighted by atomic mass is 9.66. The lowest BCUT2D eigenvalue weighted by Gasteiger charge is -2.39. The van der Waals surface area contributed by atoms with Crippen LogP contribution < -0.4 is 4.74 Å². The first-order valence-electron chi connectivity index (χ1n) is 11.1. The molecule has 0 spiro atoms. The van der Waals surface area contributed by atoms with Crippen LogP contribution in [0.5, 0.6) is 5.75 Å². The maximum atomic E-state index is 14.5. The van der Waals surface area contributed by atoms with Crippen molar-refractivity contribution in [2.75, 3.05) is 7.11 Å². The van der Waals surface area contributed by atoms with E-state index in [4.69, 9.17) is 4.74 Å². The van der Waals surface area contributed by atoms with Crippen LogP contribution in [0.1, 0.15) is 89.5 Å². The lowest BCUT2D eigenvalue weighted by Crippen LogP contribution is -2.27. The lowest BCUT2D eigenvalue weighted by molar-refractivity contribution is 0.136. The maximum absolute atomic E-state index is 14.5. The van der Waals surface area contributed by atoms with Crippen LogP contribution in [0.15, 0.2) is 12.1 Å². The van der Waals surface area contributed by atoms with E-state index in [2.05, 4.69) is 13.8 Å². The van der Waals surface area contributed by atoms with Gasteiger partial charge in [0.25, 0.3) is 0 Å². The Morgan fingerprint density at radius 3 is 2.07 bits per heavy atom. The highest BCUT2D eigenvalue weighted by Gasteiger charge is 2.33. The van der Waals surface area contributed by atoms with Crippen molar-refractivity contribution in [2.24, 2.45) is 23.7 Å².